The standard InChI is InChI=1S/C9H13N5S/c1-6-8(15-5-12-6)3-11-9-7(10)4-14(2)13-9/h4-5H,3,10H2,1-2H3,(H,11,13). The Labute approximate surface area is 91.9 Å². The SMILES string of the molecule is Cc1ncsc1CNc1nn(C)cc1N. The van der Waals surface area contributed by atoms with E-state index in [1.807, 2.05) is 19.5 Å². The molecule has 0 aliphatic rings. The molecular formula is C9H13N5S. The number of nitrogens with zero attached hydrogens (tertiary/aromatic N) is 3. The molecule has 3 N–H and O–H groups in total. The zero-order chi connectivity index (χ0) is 10.8. The molecule has 0 spiro atoms. The van der Waals surface area contributed by atoms with E-state index >= 15 is 0 Å². The van der Waals surface area contributed by atoms with Gasteiger partial charge in [0.2, 0.25) is 0 Å². The van der Waals surface area contributed by atoms with Crippen LogP contribution in [0.4, 0.5) is 11.5 Å². The van der Waals surface area contributed by atoms with Gasteiger partial charge in [0.15, 0.2) is 5.82 Å². The normalized spacial score (nSPS) is 10.5. The average molecular weight is 223 g/mol. The quantitative estimate of drug-likeness (QED) is 0.824. The highest BCUT2D eigenvalue weighted by atomic mass is 32.1. The predicted molar refractivity (Wildman–Crippen MR) is 61.8 cm³/mol. The third-order valence-electron chi connectivity index (χ3n) is 2.12. The molecule has 2 rings (SSSR count). The molecular weight excluding hydrogens is 210 g/mol. The van der Waals surface area contributed by atoms with Gasteiger partial charge in [0.05, 0.1) is 23.4 Å². The van der Waals surface area contributed by atoms with Crippen molar-refractivity contribution in [1.82, 2.24) is 14.8 Å². The summed E-state index contributed by atoms with van der Waals surface area (Å²) in [7, 11) is 1.85. The Kier molecular flexibility index (Phi) is 2.59. The summed E-state index contributed by atoms with van der Waals surface area (Å²) in [6, 6.07) is 0. The Balaban J connectivity index is 2.05. The summed E-state index contributed by atoms with van der Waals surface area (Å²) >= 11 is 1.63. The lowest BCUT2D eigenvalue weighted by Gasteiger charge is -2.02. The molecule has 0 radical (unpaired) electrons. The van der Waals surface area contributed by atoms with E-state index in [1.165, 1.54) is 4.88 Å². The van der Waals surface area contributed by atoms with Crippen LogP contribution in [0.5, 0.6) is 0 Å². The summed E-state index contributed by atoms with van der Waals surface area (Å²) in [5.41, 5.74) is 9.33. The zero-order valence-electron chi connectivity index (χ0n) is 8.69. The minimum atomic E-state index is 0.666. The molecule has 2 aromatic rings. The zero-order valence-corrected chi connectivity index (χ0v) is 9.51. The van der Waals surface area contributed by atoms with Gasteiger partial charge in [-0.2, -0.15) is 5.10 Å². The second-order valence-corrected chi connectivity index (χ2v) is 4.26. The number of nitrogen functional groups attached to an aromatic ring is 1. The third-order valence-corrected chi connectivity index (χ3v) is 3.05. The van der Waals surface area contributed by atoms with Crippen LogP contribution in [0.25, 0.3) is 0 Å². The molecule has 0 saturated heterocycles. The molecule has 0 aliphatic heterocycles. The van der Waals surface area contributed by atoms with Gasteiger partial charge in [-0.25, -0.2) is 4.98 Å². The summed E-state index contributed by atoms with van der Waals surface area (Å²) in [5.74, 6) is 0.727. The molecule has 0 fully saturated rings. The van der Waals surface area contributed by atoms with Crippen LogP contribution in [0, 0.1) is 6.92 Å². The van der Waals surface area contributed by atoms with Crippen LogP contribution in [0.2, 0.25) is 0 Å². The second kappa shape index (κ2) is 3.90. The summed E-state index contributed by atoms with van der Waals surface area (Å²) in [6.07, 6.45) is 1.78. The van der Waals surface area contributed by atoms with E-state index < -0.39 is 0 Å². The molecule has 0 unspecified atom stereocenters. The van der Waals surface area contributed by atoms with Crippen molar-refractivity contribution in [3.8, 4) is 0 Å². The van der Waals surface area contributed by atoms with Crippen molar-refractivity contribution in [1.29, 1.82) is 0 Å². The molecule has 0 saturated carbocycles. The first-order chi connectivity index (χ1) is 7.16. The van der Waals surface area contributed by atoms with Crippen molar-refractivity contribution in [2.24, 2.45) is 7.05 Å². The van der Waals surface area contributed by atoms with Crippen molar-refractivity contribution < 1.29 is 0 Å². The molecule has 0 aromatic carbocycles. The highest BCUT2D eigenvalue weighted by Crippen LogP contribution is 2.18. The van der Waals surface area contributed by atoms with Crippen molar-refractivity contribution in [3.63, 3.8) is 0 Å². The maximum Gasteiger partial charge on any atom is 0.171 e. The number of rotatable bonds is 3. The summed E-state index contributed by atoms with van der Waals surface area (Å²) in [6.45, 7) is 2.72. The first-order valence-corrected chi connectivity index (χ1v) is 5.46. The van der Waals surface area contributed by atoms with E-state index in [0.29, 0.717) is 5.69 Å². The molecule has 80 valence electrons. The Morgan fingerprint density at radius 3 is 2.93 bits per heavy atom. The number of thiazole rings is 1. The largest absolute Gasteiger partial charge is 0.394 e. The van der Waals surface area contributed by atoms with Gasteiger partial charge >= 0.3 is 0 Å². The van der Waals surface area contributed by atoms with Gasteiger partial charge < -0.3 is 11.1 Å². The van der Waals surface area contributed by atoms with Crippen LogP contribution >= 0.6 is 11.3 Å². The number of hydrogen-bond donors (Lipinski definition) is 2. The van der Waals surface area contributed by atoms with Gasteiger partial charge in [0.1, 0.15) is 0 Å². The van der Waals surface area contributed by atoms with Crippen molar-refractivity contribution in [2.75, 3.05) is 11.1 Å². The first-order valence-electron chi connectivity index (χ1n) is 4.59. The lowest BCUT2D eigenvalue weighted by atomic mass is 10.4. The third kappa shape index (κ3) is 2.10. The molecule has 5 nitrogen and oxygen atoms in total. The van der Waals surface area contributed by atoms with Crippen LogP contribution in [0.15, 0.2) is 11.7 Å². The fraction of sp³-hybridized carbons (Fsp3) is 0.333. The number of nitrogens with two attached hydrogens (primary N) is 1. The molecule has 0 bridgehead atoms. The topological polar surface area (TPSA) is 68.8 Å². The molecule has 15 heavy (non-hydrogen) atoms. The Bertz CT molecular complexity index is 459. The maximum atomic E-state index is 5.76. The van der Waals surface area contributed by atoms with Crippen molar-refractivity contribution in [3.05, 3.63) is 22.3 Å². The van der Waals surface area contributed by atoms with E-state index in [0.717, 1.165) is 18.1 Å². The number of aryl methyl sites for hydroxylation is 2. The van der Waals surface area contributed by atoms with Gasteiger partial charge in [-0.05, 0) is 6.92 Å². The first kappa shape index (κ1) is 9.97. The van der Waals surface area contributed by atoms with Gasteiger partial charge in [0.25, 0.3) is 0 Å². The van der Waals surface area contributed by atoms with Crippen LogP contribution in [0.1, 0.15) is 10.6 Å². The molecule has 2 aromatic heterocycles. The highest BCUT2D eigenvalue weighted by molar-refractivity contribution is 7.09. The molecule has 0 amide bonds. The smallest absolute Gasteiger partial charge is 0.171 e. The van der Waals surface area contributed by atoms with Crippen LogP contribution < -0.4 is 11.1 Å². The fourth-order valence-electron chi connectivity index (χ4n) is 1.30. The monoisotopic (exact) mass is 223 g/mol. The lowest BCUT2D eigenvalue weighted by Crippen LogP contribution is -2.02. The molecule has 6 heteroatoms. The van der Waals surface area contributed by atoms with Gasteiger partial charge in [-0.15, -0.1) is 11.3 Å². The summed E-state index contributed by atoms with van der Waals surface area (Å²) in [5, 5.41) is 7.39. The average Bonchev–Trinajstić information content (AvgIpc) is 2.70. The Hall–Kier alpha value is -1.56. The van der Waals surface area contributed by atoms with E-state index in [1.54, 1.807) is 22.2 Å². The Morgan fingerprint density at radius 1 is 1.60 bits per heavy atom. The van der Waals surface area contributed by atoms with Crippen LogP contribution in [-0.2, 0) is 13.6 Å². The van der Waals surface area contributed by atoms with E-state index in [-0.39, 0.29) is 0 Å². The minimum absolute atomic E-state index is 0.666. The fourth-order valence-corrected chi connectivity index (χ4v) is 2.02. The van der Waals surface area contributed by atoms with Gasteiger partial charge in [0, 0.05) is 18.1 Å². The van der Waals surface area contributed by atoms with Crippen molar-refractivity contribution in [2.45, 2.75) is 13.5 Å². The maximum absolute atomic E-state index is 5.76. The Morgan fingerprint density at radius 2 is 2.40 bits per heavy atom. The number of anilines is 2. The number of hydrogen-bond acceptors (Lipinski definition) is 5. The summed E-state index contributed by atoms with van der Waals surface area (Å²) < 4.78 is 1.69. The van der Waals surface area contributed by atoms with Gasteiger partial charge in [-0.1, -0.05) is 0 Å². The van der Waals surface area contributed by atoms with E-state index in [2.05, 4.69) is 15.4 Å². The lowest BCUT2D eigenvalue weighted by molar-refractivity contribution is 0.768. The predicted octanol–water partition coefficient (Wildman–Crippen LogP) is 1.38. The van der Waals surface area contributed by atoms with Crippen LogP contribution in [0.3, 0.4) is 0 Å². The van der Waals surface area contributed by atoms with E-state index in [9.17, 15) is 0 Å². The number of aromatic nitrogens is 3. The molecule has 2 heterocycles. The molecule has 0 aliphatic carbocycles. The van der Waals surface area contributed by atoms with Crippen molar-refractivity contribution >= 4 is 22.8 Å². The highest BCUT2D eigenvalue weighted by Gasteiger charge is 2.05. The van der Waals surface area contributed by atoms with Crippen LogP contribution in [-0.4, -0.2) is 14.8 Å². The summed E-state index contributed by atoms with van der Waals surface area (Å²) in [4.78, 5) is 5.39. The number of nitrogens with one attached hydrogen (secondary N) is 1. The second-order valence-electron chi connectivity index (χ2n) is 3.32. The van der Waals surface area contributed by atoms with Gasteiger partial charge in [-0.3, -0.25) is 4.68 Å². The minimum Gasteiger partial charge on any atom is -0.394 e. The van der Waals surface area contributed by atoms with E-state index in [4.69, 9.17) is 5.73 Å². The molecule has 0 atom stereocenters.